The van der Waals surface area contributed by atoms with Gasteiger partial charge in [0.15, 0.2) is 0 Å². The van der Waals surface area contributed by atoms with Crippen LogP contribution in [0, 0.1) is 0 Å². The molecule has 0 aromatic heterocycles. The van der Waals surface area contributed by atoms with Gasteiger partial charge in [0.25, 0.3) is 5.91 Å². The molecular formula is C13H15Cl2NO2. The van der Waals surface area contributed by atoms with Gasteiger partial charge in [-0.25, -0.2) is 0 Å². The molecule has 0 N–H and O–H groups in total. The van der Waals surface area contributed by atoms with Crippen LogP contribution in [0.15, 0.2) is 18.2 Å². The Bertz CT molecular complexity index is 464. The first-order valence-corrected chi connectivity index (χ1v) is 6.62. The minimum Gasteiger partial charge on any atom is -0.375 e. The highest BCUT2D eigenvalue weighted by molar-refractivity contribution is 6.36. The van der Waals surface area contributed by atoms with Crippen molar-refractivity contribution in [3.05, 3.63) is 33.8 Å². The van der Waals surface area contributed by atoms with E-state index in [2.05, 4.69) is 0 Å². The monoisotopic (exact) mass is 287 g/mol. The average Bonchev–Trinajstić information content (AvgIpc) is 2.31. The van der Waals surface area contributed by atoms with Crippen LogP contribution in [-0.4, -0.2) is 36.1 Å². The lowest BCUT2D eigenvalue weighted by Crippen LogP contribution is -2.50. The molecule has 3 nitrogen and oxygen atoms in total. The van der Waals surface area contributed by atoms with Crippen molar-refractivity contribution >= 4 is 29.1 Å². The molecule has 1 amide bonds. The maximum Gasteiger partial charge on any atom is 0.255 e. The van der Waals surface area contributed by atoms with Gasteiger partial charge in [-0.05, 0) is 32.0 Å². The summed E-state index contributed by atoms with van der Waals surface area (Å²) < 4.78 is 5.51. The molecule has 0 bridgehead atoms. The number of hydrogen-bond donors (Lipinski definition) is 0. The van der Waals surface area contributed by atoms with Crippen LogP contribution in [-0.2, 0) is 4.74 Å². The fourth-order valence-corrected chi connectivity index (χ4v) is 2.49. The summed E-state index contributed by atoms with van der Waals surface area (Å²) >= 11 is 11.9. The minimum absolute atomic E-state index is 0.0521. The predicted molar refractivity (Wildman–Crippen MR) is 72.4 cm³/mol. The van der Waals surface area contributed by atoms with E-state index in [0.29, 0.717) is 28.8 Å². The Morgan fingerprint density at radius 1 is 1.39 bits per heavy atom. The molecule has 1 aromatic carbocycles. The Kier molecular flexibility index (Phi) is 4.15. The summed E-state index contributed by atoms with van der Waals surface area (Å²) in [5, 5.41) is 0.916. The summed E-state index contributed by atoms with van der Waals surface area (Å²) in [5.41, 5.74) is 0.488. The number of morpholine rings is 1. The van der Waals surface area contributed by atoms with E-state index >= 15 is 0 Å². The molecule has 2 atom stereocenters. The van der Waals surface area contributed by atoms with Gasteiger partial charge < -0.3 is 9.64 Å². The molecule has 1 saturated heterocycles. The quantitative estimate of drug-likeness (QED) is 0.794. The minimum atomic E-state index is -0.0701. The zero-order chi connectivity index (χ0) is 13.3. The topological polar surface area (TPSA) is 29.5 Å². The van der Waals surface area contributed by atoms with Crippen LogP contribution in [0.25, 0.3) is 0 Å². The number of benzene rings is 1. The van der Waals surface area contributed by atoms with Crippen LogP contribution in [0.1, 0.15) is 24.2 Å². The lowest BCUT2D eigenvalue weighted by molar-refractivity contribution is -0.0387. The number of hydrogen-bond acceptors (Lipinski definition) is 2. The zero-order valence-electron chi connectivity index (χ0n) is 10.3. The molecule has 0 spiro atoms. The first-order valence-electron chi connectivity index (χ1n) is 5.86. The summed E-state index contributed by atoms with van der Waals surface area (Å²) in [5.74, 6) is -0.0701. The van der Waals surface area contributed by atoms with Gasteiger partial charge in [0.2, 0.25) is 0 Å². The molecule has 0 saturated carbocycles. The number of halogens is 2. The predicted octanol–water partition coefficient (Wildman–Crippen LogP) is 3.24. The number of ether oxygens (including phenoxy) is 1. The molecule has 98 valence electrons. The van der Waals surface area contributed by atoms with Crippen molar-refractivity contribution < 1.29 is 9.53 Å². The molecule has 0 unspecified atom stereocenters. The maximum atomic E-state index is 12.4. The number of carbonyl (C=O) groups excluding carboxylic acids is 1. The van der Waals surface area contributed by atoms with Gasteiger partial charge in [-0.15, -0.1) is 0 Å². The van der Waals surface area contributed by atoms with Crippen molar-refractivity contribution in [3.63, 3.8) is 0 Å². The first kappa shape index (κ1) is 13.7. The normalized spacial score (nSPS) is 24.1. The summed E-state index contributed by atoms with van der Waals surface area (Å²) in [7, 11) is 0. The van der Waals surface area contributed by atoms with Crippen LogP contribution in [0.5, 0.6) is 0 Å². The number of nitrogens with zero attached hydrogens (tertiary/aromatic N) is 1. The summed E-state index contributed by atoms with van der Waals surface area (Å²) in [6.07, 6.45) is 0.0521. The smallest absolute Gasteiger partial charge is 0.255 e. The van der Waals surface area contributed by atoms with Crippen molar-refractivity contribution in [2.75, 3.05) is 13.2 Å². The Morgan fingerprint density at radius 2 is 2.11 bits per heavy atom. The van der Waals surface area contributed by atoms with Gasteiger partial charge in [0, 0.05) is 11.6 Å². The van der Waals surface area contributed by atoms with Crippen molar-refractivity contribution in [1.29, 1.82) is 0 Å². The van der Waals surface area contributed by atoms with Gasteiger partial charge in [0.05, 0.1) is 29.3 Å². The maximum absolute atomic E-state index is 12.4. The van der Waals surface area contributed by atoms with Gasteiger partial charge in [-0.1, -0.05) is 23.2 Å². The molecular weight excluding hydrogens is 273 g/mol. The van der Waals surface area contributed by atoms with Crippen LogP contribution < -0.4 is 0 Å². The SMILES string of the molecule is C[C@H]1CN(C(=O)c2ccc(Cl)cc2Cl)[C@@H](C)CO1. The van der Waals surface area contributed by atoms with Crippen LogP contribution >= 0.6 is 23.2 Å². The van der Waals surface area contributed by atoms with E-state index in [1.54, 1.807) is 23.1 Å². The Labute approximate surface area is 117 Å². The lowest BCUT2D eigenvalue weighted by atomic mass is 10.1. The standard InChI is InChI=1S/C13H15Cl2NO2/c1-8-7-18-9(2)6-16(8)13(17)11-4-3-10(14)5-12(11)15/h3-5,8-9H,6-7H2,1-2H3/t8-,9-/m0/s1. The van der Waals surface area contributed by atoms with E-state index < -0.39 is 0 Å². The summed E-state index contributed by atoms with van der Waals surface area (Å²) in [6.45, 7) is 5.06. The van der Waals surface area contributed by atoms with Gasteiger partial charge in [0.1, 0.15) is 0 Å². The summed E-state index contributed by atoms with van der Waals surface area (Å²) in [4.78, 5) is 14.2. The number of amides is 1. The van der Waals surface area contributed by atoms with Crippen LogP contribution in [0.3, 0.4) is 0 Å². The fourth-order valence-electron chi connectivity index (χ4n) is 2.00. The molecule has 1 aromatic rings. The summed E-state index contributed by atoms with van der Waals surface area (Å²) in [6, 6.07) is 4.99. The van der Waals surface area contributed by atoms with E-state index in [-0.39, 0.29) is 18.1 Å². The second-order valence-electron chi connectivity index (χ2n) is 4.57. The molecule has 1 aliphatic heterocycles. The molecule has 0 aliphatic carbocycles. The second kappa shape index (κ2) is 5.47. The molecule has 18 heavy (non-hydrogen) atoms. The van der Waals surface area contributed by atoms with Crippen molar-refractivity contribution in [2.24, 2.45) is 0 Å². The third kappa shape index (κ3) is 2.79. The first-order chi connectivity index (χ1) is 8.49. The Morgan fingerprint density at radius 3 is 2.78 bits per heavy atom. The molecule has 0 radical (unpaired) electrons. The van der Waals surface area contributed by atoms with E-state index in [0.717, 1.165) is 0 Å². The van der Waals surface area contributed by atoms with E-state index in [4.69, 9.17) is 27.9 Å². The molecule has 1 fully saturated rings. The van der Waals surface area contributed by atoms with E-state index in [1.165, 1.54) is 0 Å². The van der Waals surface area contributed by atoms with Crippen molar-refractivity contribution in [2.45, 2.75) is 26.0 Å². The van der Waals surface area contributed by atoms with Crippen molar-refractivity contribution in [1.82, 2.24) is 4.90 Å². The second-order valence-corrected chi connectivity index (χ2v) is 5.42. The van der Waals surface area contributed by atoms with Gasteiger partial charge in [-0.3, -0.25) is 4.79 Å². The third-order valence-electron chi connectivity index (χ3n) is 3.03. The molecule has 5 heteroatoms. The highest BCUT2D eigenvalue weighted by Crippen LogP contribution is 2.24. The lowest BCUT2D eigenvalue weighted by Gasteiger charge is -2.37. The average molecular weight is 288 g/mol. The zero-order valence-corrected chi connectivity index (χ0v) is 11.8. The molecule has 2 rings (SSSR count). The molecule has 1 heterocycles. The third-order valence-corrected chi connectivity index (χ3v) is 3.58. The van der Waals surface area contributed by atoms with E-state index in [9.17, 15) is 4.79 Å². The Balaban J connectivity index is 2.24. The largest absolute Gasteiger partial charge is 0.375 e. The highest BCUT2D eigenvalue weighted by Gasteiger charge is 2.29. The van der Waals surface area contributed by atoms with E-state index in [1.807, 2.05) is 13.8 Å². The Hall–Kier alpha value is -0.770. The fraction of sp³-hybridized carbons (Fsp3) is 0.462. The highest BCUT2D eigenvalue weighted by atomic mass is 35.5. The van der Waals surface area contributed by atoms with Crippen LogP contribution in [0.2, 0.25) is 10.0 Å². The number of carbonyl (C=O) groups is 1. The van der Waals surface area contributed by atoms with Crippen molar-refractivity contribution in [3.8, 4) is 0 Å². The number of rotatable bonds is 1. The van der Waals surface area contributed by atoms with Gasteiger partial charge >= 0.3 is 0 Å². The van der Waals surface area contributed by atoms with Crippen LogP contribution in [0.4, 0.5) is 0 Å². The van der Waals surface area contributed by atoms with Gasteiger partial charge in [-0.2, -0.15) is 0 Å². The molecule has 1 aliphatic rings.